The van der Waals surface area contributed by atoms with Crippen molar-refractivity contribution in [3.05, 3.63) is 59.9 Å². The van der Waals surface area contributed by atoms with E-state index in [9.17, 15) is 18.3 Å². The number of carbonyl (C=O) groups is 1. The number of nitrogens with one attached hydrogen (secondary N) is 1. The number of aliphatic hydroxyl groups is 1. The van der Waals surface area contributed by atoms with E-state index in [-0.39, 0.29) is 23.5 Å². The number of anilines is 2. The number of amides is 1. The van der Waals surface area contributed by atoms with Crippen molar-refractivity contribution in [2.45, 2.75) is 30.9 Å². The van der Waals surface area contributed by atoms with E-state index in [0.717, 1.165) is 11.3 Å². The highest BCUT2D eigenvalue weighted by atomic mass is 32.2. The topological polar surface area (TPSA) is 143 Å². The lowest BCUT2D eigenvalue weighted by molar-refractivity contribution is -0.143. The number of likely N-dealkylation sites (tertiary alicyclic amines) is 1. The van der Waals surface area contributed by atoms with Crippen LogP contribution in [0.1, 0.15) is 30.9 Å². The van der Waals surface area contributed by atoms with E-state index in [2.05, 4.69) is 20.4 Å². The molecule has 6 rings (SSSR count). The van der Waals surface area contributed by atoms with E-state index >= 15 is 0 Å². The van der Waals surface area contributed by atoms with E-state index < -0.39 is 15.4 Å². The fraction of sp³-hybridized carbons (Fsp3) is 0.346. The largest absolute Gasteiger partial charge is 0.375 e. The molecule has 39 heavy (non-hydrogen) atoms. The Bertz CT molecular complexity index is 1640. The first-order chi connectivity index (χ1) is 18.7. The molecule has 1 amide bonds. The number of carbonyl (C=O) groups excluding carboxylic acids is 1. The summed E-state index contributed by atoms with van der Waals surface area (Å²) in [6.07, 6.45) is 6.63. The van der Waals surface area contributed by atoms with Crippen LogP contribution in [0.3, 0.4) is 0 Å². The van der Waals surface area contributed by atoms with Crippen LogP contribution in [0.15, 0.2) is 54.3 Å². The summed E-state index contributed by atoms with van der Waals surface area (Å²) in [5, 5.41) is 21.2. The molecule has 1 atom stereocenters. The molecule has 2 aliphatic heterocycles. The minimum Gasteiger partial charge on any atom is -0.375 e. The van der Waals surface area contributed by atoms with Crippen LogP contribution in [0.2, 0.25) is 0 Å². The average Bonchev–Trinajstić information content (AvgIpc) is 3.67. The van der Waals surface area contributed by atoms with Crippen LogP contribution in [0, 0.1) is 0 Å². The van der Waals surface area contributed by atoms with Crippen LogP contribution in [0.4, 0.5) is 11.6 Å². The lowest BCUT2D eigenvalue weighted by atomic mass is 9.90. The number of aromatic nitrogens is 5. The third kappa shape index (κ3) is 5.04. The van der Waals surface area contributed by atoms with Gasteiger partial charge in [-0.3, -0.25) is 9.48 Å². The summed E-state index contributed by atoms with van der Waals surface area (Å²) in [6.45, 7) is 0.510. The summed E-state index contributed by atoms with van der Waals surface area (Å²) in [6, 6.07) is 9.16. The standard InChI is InChI=1S/C26H27N7O4S2/c1-32-10-8-26(35,24(32)34)18-4-2-3-17(13-18)22-16-38-23(30-22)21-5-9-27-25(31-21)29-19-14-28-33(15-19)20-6-11-39(36,37)12-7-20/h2-5,9,13-16,20,35H,6-8,10-12H2,1H3,(H,27,29,31). The molecule has 5 heterocycles. The van der Waals surface area contributed by atoms with Crippen molar-refractivity contribution < 1.29 is 18.3 Å². The normalized spacial score (nSPS) is 21.4. The van der Waals surface area contributed by atoms with Gasteiger partial charge in [-0.1, -0.05) is 18.2 Å². The fourth-order valence-electron chi connectivity index (χ4n) is 4.99. The Morgan fingerprint density at radius 2 is 1.97 bits per heavy atom. The van der Waals surface area contributed by atoms with Gasteiger partial charge < -0.3 is 15.3 Å². The Kier molecular flexibility index (Phi) is 6.44. The molecule has 2 N–H and O–H groups in total. The second-order valence-corrected chi connectivity index (χ2v) is 13.1. The van der Waals surface area contributed by atoms with Crippen LogP contribution in [-0.2, 0) is 20.2 Å². The van der Waals surface area contributed by atoms with E-state index in [0.29, 0.717) is 53.7 Å². The fourth-order valence-corrected chi connectivity index (χ4v) is 7.26. The quantitative estimate of drug-likeness (QED) is 0.361. The summed E-state index contributed by atoms with van der Waals surface area (Å²) in [4.78, 5) is 27.8. The first-order valence-electron chi connectivity index (χ1n) is 12.6. The first-order valence-corrected chi connectivity index (χ1v) is 15.3. The lowest BCUT2D eigenvalue weighted by Crippen LogP contribution is -2.36. The van der Waals surface area contributed by atoms with Gasteiger partial charge in [-0.05, 0) is 30.5 Å². The van der Waals surface area contributed by atoms with Gasteiger partial charge >= 0.3 is 0 Å². The van der Waals surface area contributed by atoms with Crippen LogP contribution >= 0.6 is 11.3 Å². The number of sulfone groups is 1. The maximum atomic E-state index is 12.5. The smallest absolute Gasteiger partial charge is 0.258 e. The maximum absolute atomic E-state index is 12.5. The molecule has 0 aliphatic carbocycles. The van der Waals surface area contributed by atoms with Gasteiger partial charge in [0.2, 0.25) is 5.95 Å². The van der Waals surface area contributed by atoms with Crippen molar-refractivity contribution in [3.8, 4) is 22.0 Å². The van der Waals surface area contributed by atoms with Gasteiger partial charge in [0.15, 0.2) is 5.60 Å². The van der Waals surface area contributed by atoms with Crippen LogP contribution in [0.5, 0.6) is 0 Å². The van der Waals surface area contributed by atoms with Gasteiger partial charge in [0.05, 0.1) is 35.1 Å². The minimum atomic E-state index is -2.93. The summed E-state index contributed by atoms with van der Waals surface area (Å²) in [5.74, 6) is 0.462. The van der Waals surface area contributed by atoms with Crippen molar-refractivity contribution in [3.63, 3.8) is 0 Å². The molecule has 3 aromatic heterocycles. The Morgan fingerprint density at radius 3 is 2.74 bits per heavy atom. The predicted octanol–water partition coefficient (Wildman–Crippen LogP) is 3.01. The van der Waals surface area contributed by atoms with Crippen molar-refractivity contribution in [2.75, 3.05) is 30.4 Å². The van der Waals surface area contributed by atoms with Gasteiger partial charge in [-0.2, -0.15) is 5.10 Å². The molecular weight excluding hydrogens is 538 g/mol. The Hall–Kier alpha value is -3.68. The molecule has 1 aromatic carbocycles. The average molecular weight is 566 g/mol. The Morgan fingerprint density at radius 1 is 1.15 bits per heavy atom. The van der Waals surface area contributed by atoms with Gasteiger partial charge in [0, 0.05) is 43.4 Å². The molecule has 11 nitrogen and oxygen atoms in total. The number of hydrogen-bond donors (Lipinski definition) is 2. The number of hydrogen-bond acceptors (Lipinski definition) is 10. The van der Waals surface area contributed by atoms with Gasteiger partial charge in [-0.15, -0.1) is 11.3 Å². The Balaban J connectivity index is 1.18. The molecular formula is C26H27N7O4S2. The van der Waals surface area contributed by atoms with Crippen molar-refractivity contribution in [2.24, 2.45) is 0 Å². The molecule has 202 valence electrons. The molecule has 0 spiro atoms. The highest BCUT2D eigenvalue weighted by Crippen LogP contribution is 2.35. The van der Waals surface area contributed by atoms with E-state index in [1.54, 1.807) is 41.2 Å². The van der Waals surface area contributed by atoms with Crippen LogP contribution < -0.4 is 5.32 Å². The minimum absolute atomic E-state index is 0.0528. The Labute approximate surface area is 229 Å². The lowest BCUT2D eigenvalue weighted by Gasteiger charge is -2.22. The zero-order valence-electron chi connectivity index (χ0n) is 21.2. The van der Waals surface area contributed by atoms with Gasteiger partial charge in [0.1, 0.15) is 20.5 Å². The van der Waals surface area contributed by atoms with Crippen molar-refractivity contribution >= 4 is 38.7 Å². The number of nitrogens with zero attached hydrogens (tertiary/aromatic N) is 6. The second kappa shape index (κ2) is 9.81. The van der Waals surface area contributed by atoms with Crippen LogP contribution in [-0.4, -0.2) is 74.2 Å². The summed E-state index contributed by atoms with van der Waals surface area (Å²) in [7, 11) is -1.24. The molecule has 2 fully saturated rings. The highest BCUT2D eigenvalue weighted by molar-refractivity contribution is 7.91. The summed E-state index contributed by atoms with van der Waals surface area (Å²) in [5.41, 5.74) is 1.94. The van der Waals surface area contributed by atoms with Crippen molar-refractivity contribution in [1.82, 2.24) is 29.6 Å². The molecule has 0 radical (unpaired) electrons. The SMILES string of the molecule is CN1CCC(O)(c2cccc(-c3csc(-c4ccnc(Nc5cnn(C6CCS(=O)(=O)CC6)c5)n4)n3)c2)C1=O. The predicted molar refractivity (Wildman–Crippen MR) is 147 cm³/mol. The number of likely N-dealkylation sites (N-methyl/N-ethyl adjacent to an activating group) is 1. The van der Waals surface area contributed by atoms with Gasteiger partial charge in [-0.25, -0.2) is 23.4 Å². The molecule has 0 bridgehead atoms. The first kappa shape index (κ1) is 25.6. The molecule has 2 saturated heterocycles. The number of benzene rings is 1. The molecule has 0 saturated carbocycles. The zero-order chi connectivity index (χ0) is 27.2. The van der Waals surface area contributed by atoms with E-state index in [1.807, 2.05) is 29.8 Å². The second-order valence-electron chi connectivity index (χ2n) is 9.94. The van der Waals surface area contributed by atoms with Gasteiger partial charge in [0.25, 0.3) is 5.91 Å². The molecule has 2 aliphatic rings. The monoisotopic (exact) mass is 565 g/mol. The third-order valence-corrected chi connectivity index (χ3v) is 9.86. The maximum Gasteiger partial charge on any atom is 0.258 e. The summed E-state index contributed by atoms with van der Waals surface area (Å²) >= 11 is 1.44. The van der Waals surface area contributed by atoms with E-state index in [4.69, 9.17) is 4.98 Å². The third-order valence-electron chi connectivity index (χ3n) is 7.28. The highest BCUT2D eigenvalue weighted by Gasteiger charge is 2.45. The molecule has 13 heteroatoms. The molecule has 4 aromatic rings. The van der Waals surface area contributed by atoms with Crippen molar-refractivity contribution in [1.29, 1.82) is 0 Å². The number of rotatable bonds is 6. The van der Waals surface area contributed by atoms with E-state index in [1.165, 1.54) is 11.3 Å². The zero-order valence-corrected chi connectivity index (χ0v) is 22.8. The molecule has 1 unspecified atom stereocenters. The summed E-state index contributed by atoms with van der Waals surface area (Å²) < 4.78 is 25.2. The van der Waals surface area contributed by atoms with Crippen LogP contribution in [0.25, 0.3) is 22.0 Å². The number of thiazole rings is 1.